The minimum atomic E-state index is -3.18. The van der Waals surface area contributed by atoms with Crippen LogP contribution in [0.1, 0.15) is 20.8 Å². The molecule has 2 N–H and O–H groups in total. The van der Waals surface area contributed by atoms with Gasteiger partial charge in [-0.05, 0) is 29.9 Å². The molecule has 3 aromatic rings. The first kappa shape index (κ1) is 22.9. The molecule has 0 aliphatic rings. The first-order valence-corrected chi connectivity index (χ1v) is 13.8. The minimum absolute atomic E-state index is 0.0169. The van der Waals surface area contributed by atoms with Gasteiger partial charge < -0.3 is 5.32 Å². The zero-order valence-corrected chi connectivity index (χ0v) is 19.6. The summed E-state index contributed by atoms with van der Waals surface area (Å²) in [4.78, 5) is 13.7. The van der Waals surface area contributed by atoms with Crippen LogP contribution in [0.2, 0.25) is 0 Å². The summed E-state index contributed by atoms with van der Waals surface area (Å²) in [6.45, 7) is 1.13. The molecule has 2 heterocycles. The molecule has 2 aromatic heterocycles. The van der Waals surface area contributed by atoms with E-state index in [4.69, 9.17) is 0 Å². The molecule has 3 rings (SSSR count). The van der Waals surface area contributed by atoms with Gasteiger partial charge >= 0.3 is 0 Å². The third-order valence-corrected chi connectivity index (χ3v) is 7.69. The maximum absolute atomic E-state index is 12.4. The Labute approximate surface area is 188 Å². The molecule has 0 radical (unpaired) electrons. The van der Waals surface area contributed by atoms with Crippen molar-refractivity contribution in [2.24, 2.45) is 0 Å². The van der Waals surface area contributed by atoms with Crippen LogP contribution in [0.5, 0.6) is 0 Å². The molecule has 11 heteroatoms. The van der Waals surface area contributed by atoms with E-state index in [0.717, 1.165) is 34.3 Å². The van der Waals surface area contributed by atoms with Gasteiger partial charge in [0, 0.05) is 23.5 Å². The van der Waals surface area contributed by atoms with Crippen molar-refractivity contribution < 1.29 is 13.2 Å². The van der Waals surface area contributed by atoms with Gasteiger partial charge in [-0.15, -0.1) is 21.5 Å². The SMILES string of the molecule is CS(=O)(=O)NCCc1ccc(C(=O)CSc2nnc(NCCc3cccs3)s2)cc1. The number of aromatic nitrogens is 2. The Morgan fingerprint density at radius 3 is 2.60 bits per heavy atom. The van der Waals surface area contributed by atoms with E-state index in [1.807, 2.05) is 18.2 Å². The van der Waals surface area contributed by atoms with Crippen molar-refractivity contribution in [2.45, 2.75) is 17.2 Å². The number of Topliss-reactive ketones (excluding diaryl/α,β-unsaturated/α-hetero) is 1. The molecule has 0 aliphatic heterocycles. The number of carbonyl (C=O) groups excluding carboxylic acids is 1. The van der Waals surface area contributed by atoms with E-state index in [-0.39, 0.29) is 5.78 Å². The Hall–Kier alpha value is -1.79. The van der Waals surface area contributed by atoms with E-state index in [1.54, 1.807) is 23.5 Å². The summed E-state index contributed by atoms with van der Waals surface area (Å²) >= 11 is 4.56. The van der Waals surface area contributed by atoms with Gasteiger partial charge in [0.15, 0.2) is 10.1 Å². The van der Waals surface area contributed by atoms with E-state index >= 15 is 0 Å². The third-order valence-electron chi connectivity index (χ3n) is 4.01. The molecule has 0 bridgehead atoms. The number of nitrogens with one attached hydrogen (secondary N) is 2. The Morgan fingerprint density at radius 2 is 1.90 bits per heavy atom. The van der Waals surface area contributed by atoms with Crippen molar-refractivity contribution >= 4 is 55.4 Å². The van der Waals surface area contributed by atoms with Crippen molar-refractivity contribution in [3.8, 4) is 0 Å². The molecule has 0 spiro atoms. The van der Waals surface area contributed by atoms with Gasteiger partial charge in [-0.2, -0.15) is 0 Å². The van der Waals surface area contributed by atoms with Crippen molar-refractivity contribution in [2.75, 3.05) is 30.4 Å². The number of anilines is 1. The van der Waals surface area contributed by atoms with E-state index in [2.05, 4.69) is 31.7 Å². The maximum atomic E-state index is 12.4. The van der Waals surface area contributed by atoms with Crippen LogP contribution in [-0.4, -0.2) is 49.5 Å². The lowest BCUT2D eigenvalue weighted by molar-refractivity contribution is 0.102. The van der Waals surface area contributed by atoms with Gasteiger partial charge in [-0.25, -0.2) is 13.1 Å². The minimum Gasteiger partial charge on any atom is -0.360 e. The normalized spacial score (nSPS) is 11.5. The smallest absolute Gasteiger partial charge is 0.208 e. The van der Waals surface area contributed by atoms with Crippen LogP contribution in [0, 0.1) is 0 Å². The molecule has 0 saturated carbocycles. The Bertz CT molecular complexity index is 1050. The second-order valence-corrected chi connectivity index (χ2v) is 11.5. The molecule has 0 fully saturated rings. The lowest BCUT2D eigenvalue weighted by Crippen LogP contribution is -2.24. The Balaban J connectivity index is 1.41. The second-order valence-electron chi connectivity index (χ2n) is 6.45. The standard InChI is InChI=1S/C19H22N4O3S4/c1-30(25,26)21-11-8-14-4-6-15(7-5-14)17(24)13-28-19-23-22-18(29-19)20-10-9-16-3-2-12-27-16/h2-7,12,21H,8-11,13H2,1H3,(H,20,22). The number of carbonyl (C=O) groups is 1. The average molecular weight is 483 g/mol. The molecule has 0 atom stereocenters. The van der Waals surface area contributed by atoms with Crippen LogP contribution in [0.25, 0.3) is 0 Å². The van der Waals surface area contributed by atoms with Gasteiger partial charge in [0.1, 0.15) is 0 Å². The Morgan fingerprint density at radius 1 is 1.10 bits per heavy atom. The van der Waals surface area contributed by atoms with Crippen LogP contribution >= 0.6 is 34.4 Å². The molecule has 7 nitrogen and oxygen atoms in total. The largest absolute Gasteiger partial charge is 0.360 e. The predicted octanol–water partition coefficient (Wildman–Crippen LogP) is 3.32. The monoisotopic (exact) mass is 482 g/mol. The fourth-order valence-corrected chi connectivity index (χ4v) is 5.39. The zero-order valence-electron chi connectivity index (χ0n) is 16.3. The second kappa shape index (κ2) is 11.0. The highest BCUT2D eigenvalue weighted by molar-refractivity contribution is 8.01. The Kier molecular flexibility index (Phi) is 8.40. The lowest BCUT2D eigenvalue weighted by atomic mass is 10.1. The van der Waals surface area contributed by atoms with E-state index in [0.29, 0.717) is 24.3 Å². The molecule has 0 amide bonds. The number of hydrogen-bond acceptors (Lipinski definition) is 9. The van der Waals surface area contributed by atoms with Crippen molar-refractivity contribution in [1.29, 1.82) is 0 Å². The quantitative estimate of drug-likeness (QED) is 0.302. The van der Waals surface area contributed by atoms with Crippen molar-refractivity contribution in [3.63, 3.8) is 0 Å². The topological polar surface area (TPSA) is 101 Å². The summed E-state index contributed by atoms with van der Waals surface area (Å²) in [5.41, 5.74) is 1.60. The number of hydrogen-bond donors (Lipinski definition) is 2. The summed E-state index contributed by atoms with van der Waals surface area (Å²) in [5.74, 6) is 0.307. The van der Waals surface area contributed by atoms with Crippen LogP contribution in [0.4, 0.5) is 5.13 Å². The molecule has 0 unspecified atom stereocenters. The fraction of sp³-hybridized carbons (Fsp3) is 0.316. The van der Waals surface area contributed by atoms with E-state index in [1.165, 1.54) is 28.0 Å². The van der Waals surface area contributed by atoms with Gasteiger partial charge in [0.05, 0.1) is 12.0 Å². The van der Waals surface area contributed by atoms with Crippen LogP contribution < -0.4 is 10.0 Å². The van der Waals surface area contributed by atoms with Gasteiger partial charge in [0.25, 0.3) is 0 Å². The number of thiophene rings is 1. The predicted molar refractivity (Wildman–Crippen MR) is 124 cm³/mol. The zero-order chi connectivity index (χ0) is 21.4. The summed E-state index contributed by atoms with van der Waals surface area (Å²) in [6.07, 6.45) is 2.65. The van der Waals surface area contributed by atoms with Gasteiger partial charge in [-0.1, -0.05) is 53.4 Å². The molecular weight excluding hydrogens is 461 g/mol. The summed E-state index contributed by atoms with van der Waals surface area (Å²) in [6, 6.07) is 11.4. The molecule has 160 valence electrons. The first-order valence-electron chi connectivity index (χ1n) is 9.18. The van der Waals surface area contributed by atoms with Crippen molar-refractivity contribution in [3.05, 3.63) is 57.8 Å². The number of thioether (sulfide) groups is 1. The molecular formula is C19H22N4O3S4. The van der Waals surface area contributed by atoms with Crippen molar-refractivity contribution in [1.82, 2.24) is 14.9 Å². The summed E-state index contributed by atoms with van der Waals surface area (Å²) in [7, 11) is -3.18. The average Bonchev–Trinajstić information content (AvgIpc) is 3.38. The maximum Gasteiger partial charge on any atom is 0.208 e. The third kappa shape index (κ3) is 7.80. The molecule has 0 saturated heterocycles. The number of sulfonamides is 1. The van der Waals surface area contributed by atoms with Crippen LogP contribution in [0.15, 0.2) is 46.1 Å². The number of benzene rings is 1. The summed E-state index contributed by atoms with van der Waals surface area (Å²) in [5, 5.41) is 14.3. The molecule has 30 heavy (non-hydrogen) atoms. The highest BCUT2D eigenvalue weighted by Crippen LogP contribution is 2.26. The highest BCUT2D eigenvalue weighted by Gasteiger charge is 2.10. The summed E-state index contributed by atoms with van der Waals surface area (Å²) < 4.78 is 25.4. The number of ketones is 1. The van der Waals surface area contributed by atoms with Crippen LogP contribution in [-0.2, 0) is 22.9 Å². The van der Waals surface area contributed by atoms with E-state index in [9.17, 15) is 13.2 Å². The lowest BCUT2D eigenvalue weighted by Gasteiger charge is -2.04. The number of rotatable bonds is 12. The number of nitrogens with zero attached hydrogens (tertiary/aromatic N) is 2. The first-order chi connectivity index (χ1) is 14.4. The van der Waals surface area contributed by atoms with Gasteiger partial charge in [0.2, 0.25) is 15.2 Å². The highest BCUT2D eigenvalue weighted by atomic mass is 32.2. The molecule has 1 aromatic carbocycles. The molecule has 0 aliphatic carbocycles. The van der Waals surface area contributed by atoms with Gasteiger partial charge in [-0.3, -0.25) is 4.79 Å². The fourth-order valence-electron chi connectivity index (χ4n) is 2.54. The van der Waals surface area contributed by atoms with E-state index < -0.39 is 10.0 Å². The van der Waals surface area contributed by atoms with Crippen LogP contribution in [0.3, 0.4) is 0 Å².